The Morgan fingerprint density at radius 2 is 2.19 bits per heavy atom. The second-order valence-corrected chi connectivity index (χ2v) is 5.39. The van der Waals surface area contributed by atoms with E-state index in [9.17, 15) is 14.4 Å². The van der Waals surface area contributed by atoms with Gasteiger partial charge in [0.1, 0.15) is 5.54 Å². The highest BCUT2D eigenvalue weighted by atomic mass is 16.2. The van der Waals surface area contributed by atoms with Crippen molar-refractivity contribution in [2.24, 2.45) is 5.73 Å². The van der Waals surface area contributed by atoms with Crippen LogP contribution in [0.5, 0.6) is 0 Å². The van der Waals surface area contributed by atoms with E-state index in [0.29, 0.717) is 30.6 Å². The van der Waals surface area contributed by atoms with Crippen LogP contribution in [-0.4, -0.2) is 41.4 Å². The standard InChI is InChI=1S/C14H16N4O3/c15-11(19)10-3-1-2-9(6-10)7-18-12(20)14(17-13(18)21)4-5-16-8-14/h1-3,6,16H,4-5,7-8H2,(H2,15,19)(H,17,21). The summed E-state index contributed by atoms with van der Waals surface area (Å²) in [7, 11) is 0. The van der Waals surface area contributed by atoms with E-state index in [1.54, 1.807) is 24.3 Å². The summed E-state index contributed by atoms with van der Waals surface area (Å²) in [4.78, 5) is 36.9. The maximum Gasteiger partial charge on any atom is 0.325 e. The van der Waals surface area contributed by atoms with Gasteiger partial charge in [-0.3, -0.25) is 14.5 Å². The second-order valence-electron chi connectivity index (χ2n) is 5.39. The van der Waals surface area contributed by atoms with E-state index in [-0.39, 0.29) is 12.5 Å². The number of primary amides is 1. The Morgan fingerprint density at radius 3 is 2.86 bits per heavy atom. The molecule has 2 heterocycles. The molecule has 2 aliphatic rings. The van der Waals surface area contributed by atoms with E-state index in [2.05, 4.69) is 10.6 Å². The number of hydrogen-bond acceptors (Lipinski definition) is 4. The summed E-state index contributed by atoms with van der Waals surface area (Å²) in [5.74, 6) is -0.757. The van der Waals surface area contributed by atoms with Gasteiger partial charge in [0.05, 0.1) is 6.54 Å². The molecule has 1 aromatic carbocycles. The summed E-state index contributed by atoms with van der Waals surface area (Å²) in [6.07, 6.45) is 0.593. The van der Waals surface area contributed by atoms with Crippen LogP contribution in [-0.2, 0) is 11.3 Å². The van der Waals surface area contributed by atoms with Crippen LogP contribution in [0.2, 0.25) is 0 Å². The summed E-state index contributed by atoms with van der Waals surface area (Å²) in [6.45, 7) is 1.29. The molecule has 3 rings (SSSR count). The molecular formula is C14H16N4O3. The Labute approximate surface area is 121 Å². The Morgan fingerprint density at radius 1 is 1.38 bits per heavy atom. The SMILES string of the molecule is NC(=O)c1cccc(CN2C(=O)NC3(CCNC3)C2=O)c1. The van der Waals surface area contributed by atoms with Crippen molar-refractivity contribution in [2.45, 2.75) is 18.5 Å². The summed E-state index contributed by atoms with van der Waals surface area (Å²) in [5, 5.41) is 5.86. The normalized spacial score (nSPS) is 24.7. The van der Waals surface area contributed by atoms with Crippen LogP contribution in [0.4, 0.5) is 4.79 Å². The minimum atomic E-state index is -0.807. The average Bonchev–Trinajstić information content (AvgIpc) is 3.01. The average molecular weight is 288 g/mol. The lowest BCUT2D eigenvalue weighted by Crippen LogP contribution is -2.48. The number of hydrogen-bond donors (Lipinski definition) is 3. The van der Waals surface area contributed by atoms with Crippen LogP contribution in [0.1, 0.15) is 22.3 Å². The van der Waals surface area contributed by atoms with Crippen molar-refractivity contribution in [1.82, 2.24) is 15.5 Å². The number of imide groups is 1. The third-order valence-corrected chi connectivity index (χ3v) is 3.95. The molecule has 1 spiro atoms. The molecule has 4 amide bonds. The molecule has 7 nitrogen and oxygen atoms in total. The summed E-state index contributed by atoms with van der Waals surface area (Å²) < 4.78 is 0. The highest BCUT2D eigenvalue weighted by Crippen LogP contribution is 2.25. The molecule has 110 valence electrons. The highest BCUT2D eigenvalue weighted by Gasteiger charge is 2.52. The van der Waals surface area contributed by atoms with E-state index < -0.39 is 17.5 Å². The maximum absolute atomic E-state index is 12.5. The zero-order valence-corrected chi connectivity index (χ0v) is 11.4. The fourth-order valence-corrected chi connectivity index (χ4v) is 2.81. The molecule has 1 atom stereocenters. The summed E-state index contributed by atoms with van der Waals surface area (Å²) in [5.41, 5.74) is 5.48. The topological polar surface area (TPSA) is 105 Å². The molecule has 0 bridgehead atoms. The minimum Gasteiger partial charge on any atom is -0.366 e. The third kappa shape index (κ3) is 2.25. The lowest BCUT2D eigenvalue weighted by Gasteiger charge is -2.19. The van der Waals surface area contributed by atoms with E-state index in [4.69, 9.17) is 5.73 Å². The molecule has 0 aliphatic carbocycles. The van der Waals surface area contributed by atoms with Crippen molar-refractivity contribution in [3.8, 4) is 0 Å². The van der Waals surface area contributed by atoms with Crippen LogP contribution in [0, 0.1) is 0 Å². The van der Waals surface area contributed by atoms with Crippen LogP contribution < -0.4 is 16.4 Å². The molecule has 1 unspecified atom stereocenters. The van der Waals surface area contributed by atoms with Crippen molar-refractivity contribution >= 4 is 17.8 Å². The molecule has 4 N–H and O–H groups in total. The van der Waals surface area contributed by atoms with Crippen molar-refractivity contribution in [3.63, 3.8) is 0 Å². The monoisotopic (exact) mass is 288 g/mol. The number of nitrogens with two attached hydrogens (primary N) is 1. The number of nitrogens with zero attached hydrogens (tertiary/aromatic N) is 1. The van der Waals surface area contributed by atoms with Gasteiger partial charge >= 0.3 is 6.03 Å². The zero-order valence-electron chi connectivity index (χ0n) is 11.4. The van der Waals surface area contributed by atoms with Gasteiger partial charge in [0.15, 0.2) is 0 Å². The van der Waals surface area contributed by atoms with Gasteiger partial charge < -0.3 is 16.4 Å². The number of carbonyl (C=O) groups excluding carboxylic acids is 3. The Bertz CT molecular complexity index is 622. The fourth-order valence-electron chi connectivity index (χ4n) is 2.81. The van der Waals surface area contributed by atoms with E-state index in [0.717, 1.165) is 0 Å². The first kappa shape index (κ1) is 13.6. The first-order chi connectivity index (χ1) is 10.0. The van der Waals surface area contributed by atoms with Gasteiger partial charge in [0.2, 0.25) is 5.91 Å². The second kappa shape index (κ2) is 4.85. The van der Waals surface area contributed by atoms with Crippen LogP contribution in [0.25, 0.3) is 0 Å². The molecule has 0 radical (unpaired) electrons. The Hall–Kier alpha value is -2.41. The van der Waals surface area contributed by atoms with Crippen molar-refractivity contribution in [1.29, 1.82) is 0 Å². The molecule has 1 aromatic rings. The van der Waals surface area contributed by atoms with Crippen molar-refractivity contribution in [3.05, 3.63) is 35.4 Å². The summed E-state index contributed by atoms with van der Waals surface area (Å²) in [6, 6.07) is 6.24. The first-order valence-corrected chi connectivity index (χ1v) is 6.75. The molecule has 2 aliphatic heterocycles. The van der Waals surface area contributed by atoms with Crippen molar-refractivity contribution in [2.75, 3.05) is 13.1 Å². The van der Waals surface area contributed by atoms with Crippen LogP contribution in [0.15, 0.2) is 24.3 Å². The van der Waals surface area contributed by atoms with Gasteiger partial charge in [-0.1, -0.05) is 12.1 Å². The smallest absolute Gasteiger partial charge is 0.325 e. The minimum absolute atomic E-state index is 0.132. The quantitative estimate of drug-likeness (QED) is 0.656. The van der Waals surface area contributed by atoms with Gasteiger partial charge in [-0.2, -0.15) is 0 Å². The number of carbonyl (C=O) groups is 3. The van der Waals surface area contributed by atoms with E-state index in [1.165, 1.54) is 4.90 Å². The number of nitrogens with one attached hydrogen (secondary N) is 2. The highest BCUT2D eigenvalue weighted by molar-refractivity contribution is 6.07. The van der Waals surface area contributed by atoms with Crippen molar-refractivity contribution < 1.29 is 14.4 Å². The van der Waals surface area contributed by atoms with Gasteiger partial charge in [-0.05, 0) is 30.7 Å². The Balaban J connectivity index is 1.82. The van der Waals surface area contributed by atoms with Gasteiger partial charge in [-0.15, -0.1) is 0 Å². The predicted molar refractivity (Wildman–Crippen MR) is 74.3 cm³/mol. The lowest BCUT2D eigenvalue weighted by atomic mass is 9.99. The molecule has 7 heteroatoms. The third-order valence-electron chi connectivity index (χ3n) is 3.95. The fraction of sp³-hybridized carbons (Fsp3) is 0.357. The number of urea groups is 1. The number of rotatable bonds is 3. The van der Waals surface area contributed by atoms with Gasteiger partial charge in [0, 0.05) is 12.1 Å². The van der Waals surface area contributed by atoms with Gasteiger partial charge in [0.25, 0.3) is 5.91 Å². The molecule has 21 heavy (non-hydrogen) atoms. The van der Waals surface area contributed by atoms with E-state index >= 15 is 0 Å². The first-order valence-electron chi connectivity index (χ1n) is 6.75. The van der Waals surface area contributed by atoms with Crippen LogP contribution >= 0.6 is 0 Å². The number of benzene rings is 1. The van der Waals surface area contributed by atoms with Crippen LogP contribution in [0.3, 0.4) is 0 Å². The zero-order chi connectivity index (χ0) is 15.0. The van der Waals surface area contributed by atoms with Gasteiger partial charge in [-0.25, -0.2) is 4.79 Å². The maximum atomic E-state index is 12.5. The largest absolute Gasteiger partial charge is 0.366 e. The molecule has 0 aromatic heterocycles. The predicted octanol–water partition coefficient (Wildman–Crippen LogP) is -0.431. The molecule has 2 saturated heterocycles. The Kier molecular flexibility index (Phi) is 3.13. The van der Waals surface area contributed by atoms with E-state index in [1.807, 2.05) is 0 Å². The molecule has 0 saturated carbocycles. The lowest BCUT2D eigenvalue weighted by molar-refractivity contribution is -0.131. The molecular weight excluding hydrogens is 272 g/mol. The molecule has 2 fully saturated rings. The number of amides is 4. The summed E-state index contributed by atoms with van der Waals surface area (Å²) >= 11 is 0.